The van der Waals surface area contributed by atoms with Crippen LogP contribution in [0.3, 0.4) is 0 Å². The second-order valence-electron chi connectivity index (χ2n) is 9.91. The van der Waals surface area contributed by atoms with Crippen LogP contribution < -0.4 is 10.0 Å². The normalized spacial score (nSPS) is 12.8. The molecule has 3 aromatic rings. The first kappa shape index (κ1) is 27.1. The van der Waals surface area contributed by atoms with E-state index in [2.05, 4.69) is 15.1 Å². The van der Waals surface area contributed by atoms with Crippen LogP contribution in [0.4, 0.5) is 10.1 Å². The number of halogens is 1. The Morgan fingerprint density at radius 3 is 2.28 bits per heavy atom. The highest BCUT2D eigenvalue weighted by molar-refractivity contribution is 7.92. The van der Waals surface area contributed by atoms with Crippen LogP contribution in [0.2, 0.25) is 0 Å². The van der Waals surface area contributed by atoms with E-state index in [1.165, 1.54) is 16.8 Å². The average Bonchev–Trinajstić information content (AvgIpc) is 3.22. The molecule has 0 aliphatic heterocycles. The molecule has 0 bridgehead atoms. The lowest BCUT2D eigenvalue weighted by Gasteiger charge is -2.14. The molecule has 10 heteroatoms. The number of nitrogens with zero attached hydrogens (tertiary/aromatic N) is 2. The third kappa shape index (κ3) is 6.57. The number of nitrogens with one attached hydrogen (secondary N) is 2. The van der Waals surface area contributed by atoms with Gasteiger partial charge < -0.3 is 5.32 Å². The molecule has 192 valence electrons. The first-order chi connectivity index (χ1) is 16.7. The molecule has 2 aromatic carbocycles. The van der Waals surface area contributed by atoms with Crippen molar-refractivity contribution in [1.29, 1.82) is 0 Å². The predicted molar refractivity (Wildman–Crippen MR) is 137 cm³/mol. The monoisotopic (exact) mass is 514 g/mol. The number of carbonyl (C=O) groups is 2. The quantitative estimate of drug-likeness (QED) is 0.493. The third-order valence-corrected chi connectivity index (χ3v) is 6.26. The molecular formula is C26H31FN4O4S. The van der Waals surface area contributed by atoms with E-state index in [9.17, 15) is 22.4 Å². The van der Waals surface area contributed by atoms with E-state index >= 15 is 0 Å². The number of hydrogen-bond acceptors (Lipinski definition) is 5. The van der Waals surface area contributed by atoms with Crippen LogP contribution in [0.15, 0.2) is 48.5 Å². The van der Waals surface area contributed by atoms with Gasteiger partial charge in [0, 0.05) is 11.0 Å². The molecule has 0 saturated heterocycles. The minimum atomic E-state index is -3.64. The van der Waals surface area contributed by atoms with Crippen LogP contribution >= 0.6 is 0 Å². The predicted octanol–water partition coefficient (Wildman–Crippen LogP) is 4.11. The lowest BCUT2D eigenvalue weighted by molar-refractivity contribution is -0.122. The van der Waals surface area contributed by atoms with Crippen molar-refractivity contribution in [2.75, 3.05) is 11.0 Å². The number of amides is 1. The molecule has 8 nitrogen and oxygen atoms in total. The van der Waals surface area contributed by atoms with Gasteiger partial charge in [-0.15, -0.1) is 0 Å². The Labute approximate surface area is 211 Å². The lowest BCUT2D eigenvalue weighted by Crippen LogP contribution is -2.29. The Bertz CT molecular complexity index is 1390. The van der Waals surface area contributed by atoms with Crippen molar-refractivity contribution in [2.24, 2.45) is 0 Å². The molecule has 0 aliphatic rings. The van der Waals surface area contributed by atoms with Crippen LogP contribution in [0, 0.1) is 12.7 Å². The first-order valence-electron chi connectivity index (χ1n) is 11.4. The van der Waals surface area contributed by atoms with Gasteiger partial charge in [0.1, 0.15) is 5.82 Å². The molecule has 1 atom stereocenters. The lowest BCUT2D eigenvalue weighted by atomic mass is 9.92. The highest BCUT2D eigenvalue weighted by Gasteiger charge is 2.24. The number of carbonyl (C=O) groups excluding carboxylic acids is 2. The van der Waals surface area contributed by atoms with Gasteiger partial charge in [-0.2, -0.15) is 9.78 Å². The number of rotatable bonds is 7. The maximum Gasteiger partial charge on any atom is 0.278 e. The van der Waals surface area contributed by atoms with Crippen LogP contribution in [0.5, 0.6) is 0 Å². The van der Waals surface area contributed by atoms with E-state index in [-0.39, 0.29) is 29.5 Å². The van der Waals surface area contributed by atoms with Gasteiger partial charge in [0.05, 0.1) is 35.8 Å². The number of aromatic nitrogens is 2. The van der Waals surface area contributed by atoms with Gasteiger partial charge in [0.15, 0.2) is 0 Å². The van der Waals surface area contributed by atoms with Crippen LogP contribution in [-0.4, -0.2) is 36.3 Å². The van der Waals surface area contributed by atoms with Crippen molar-refractivity contribution in [2.45, 2.75) is 52.5 Å². The molecule has 3 rings (SSSR count). The van der Waals surface area contributed by atoms with Gasteiger partial charge in [-0.25, -0.2) is 12.8 Å². The van der Waals surface area contributed by atoms with Crippen LogP contribution in [-0.2, 0) is 26.8 Å². The number of hydrogen-bond donors (Lipinski definition) is 2. The van der Waals surface area contributed by atoms with Gasteiger partial charge in [-0.05, 0) is 49.7 Å². The summed E-state index contributed by atoms with van der Waals surface area (Å²) in [5, 5.41) is 7.33. The Morgan fingerprint density at radius 1 is 1.08 bits per heavy atom. The first-order valence-corrected chi connectivity index (χ1v) is 13.3. The second kappa shape index (κ2) is 10.2. The maximum atomic E-state index is 14.4. The summed E-state index contributed by atoms with van der Waals surface area (Å²) < 4.78 is 40.5. The average molecular weight is 515 g/mol. The summed E-state index contributed by atoms with van der Waals surface area (Å²) in [6, 6.07) is 12.8. The zero-order valence-corrected chi connectivity index (χ0v) is 22.0. The minimum Gasteiger partial charge on any atom is -0.350 e. The van der Waals surface area contributed by atoms with Crippen LogP contribution in [0.25, 0.3) is 0 Å². The van der Waals surface area contributed by atoms with Crippen molar-refractivity contribution >= 4 is 27.5 Å². The Kier molecular flexibility index (Phi) is 7.68. The Morgan fingerprint density at radius 2 is 1.72 bits per heavy atom. The number of anilines is 1. The van der Waals surface area contributed by atoms with Gasteiger partial charge in [-0.1, -0.05) is 44.5 Å². The summed E-state index contributed by atoms with van der Waals surface area (Å²) in [7, 11) is -3.64. The molecule has 36 heavy (non-hydrogen) atoms. The molecule has 0 fully saturated rings. The van der Waals surface area contributed by atoms with E-state index in [0.29, 0.717) is 22.5 Å². The standard InChI is InChI=1S/C26H31FN4O4S/c1-16-7-9-18(10-8-16)25(33)31-20(14-23(29-31)26(3,4)5)15-28-24(32)17(2)19-11-12-22(21(27)13-19)30-36(6,34)35/h7-14,17,30H,15H2,1-6H3,(H,28,32). The fourth-order valence-corrected chi connectivity index (χ4v) is 4.04. The summed E-state index contributed by atoms with van der Waals surface area (Å²) in [4.78, 5) is 26.1. The van der Waals surface area contributed by atoms with Gasteiger partial charge in [-0.3, -0.25) is 14.3 Å². The Hall–Kier alpha value is -3.53. The van der Waals surface area contributed by atoms with Gasteiger partial charge >= 0.3 is 0 Å². The summed E-state index contributed by atoms with van der Waals surface area (Å²) in [6.45, 7) is 9.54. The van der Waals surface area contributed by atoms with Crippen LogP contribution in [0.1, 0.15) is 66.5 Å². The molecule has 0 aliphatic carbocycles. The third-order valence-electron chi connectivity index (χ3n) is 5.67. The number of sulfonamides is 1. The fourth-order valence-electron chi connectivity index (χ4n) is 3.47. The van der Waals surface area contributed by atoms with Crippen molar-refractivity contribution in [3.05, 3.63) is 82.4 Å². The SMILES string of the molecule is Cc1ccc(C(=O)n2nc(C(C)(C)C)cc2CNC(=O)C(C)c2ccc(NS(C)(=O)=O)c(F)c2)cc1. The van der Waals surface area contributed by atoms with E-state index in [0.717, 1.165) is 17.9 Å². The number of aryl methyl sites for hydroxylation is 1. The smallest absolute Gasteiger partial charge is 0.278 e. The van der Waals surface area contributed by atoms with E-state index < -0.39 is 21.8 Å². The molecular weight excluding hydrogens is 483 g/mol. The molecule has 1 aromatic heterocycles. The zero-order chi connectivity index (χ0) is 26.8. The fraction of sp³-hybridized carbons (Fsp3) is 0.346. The molecule has 1 amide bonds. The maximum absolute atomic E-state index is 14.4. The van der Waals surface area contributed by atoms with E-state index in [1.807, 2.05) is 39.8 Å². The van der Waals surface area contributed by atoms with Crippen molar-refractivity contribution in [1.82, 2.24) is 15.1 Å². The summed E-state index contributed by atoms with van der Waals surface area (Å²) in [5.74, 6) is -2.20. The minimum absolute atomic E-state index is 0.0417. The second-order valence-corrected chi connectivity index (χ2v) is 11.7. The van der Waals surface area contributed by atoms with E-state index in [4.69, 9.17) is 0 Å². The van der Waals surface area contributed by atoms with Gasteiger partial charge in [0.2, 0.25) is 15.9 Å². The molecule has 0 radical (unpaired) electrons. The highest BCUT2D eigenvalue weighted by atomic mass is 32.2. The topological polar surface area (TPSA) is 110 Å². The molecule has 0 spiro atoms. The Balaban J connectivity index is 1.80. The van der Waals surface area contributed by atoms with Gasteiger partial charge in [0.25, 0.3) is 5.91 Å². The summed E-state index contributed by atoms with van der Waals surface area (Å²) >= 11 is 0. The van der Waals surface area contributed by atoms with Crippen molar-refractivity contribution in [3.63, 3.8) is 0 Å². The molecule has 0 saturated carbocycles. The summed E-state index contributed by atoms with van der Waals surface area (Å²) in [6.07, 6.45) is 0.926. The number of benzene rings is 2. The molecule has 1 unspecified atom stereocenters. The zero-order valence-electron chi connectivity index (χ0n) is 21.2. The summed E-state index contributed by atoms with van der Waals surface area (Å²) in [5.41, 5.74) is 2.60. The van der Waals surface area contributed by atoms with Crippen molar-refractivity contribution < 1.29 is 22.4 Å². The van der Waals surface area contributed by atoms with E-state index in [1.54, 1.807) is 25.1 Å². The largest absolute Gasteiger partial charge is 0.350 e. The highest BCUT2D eigenvalue weighted by Crippen LogP contribution is 2.24. The molecule has 2 N–H and O–H groups in total. The van der Waals surface area contributed by atoms with Crippen molar-refractivity contribution in [3.8, 4) is 0 Å². The molecule has 1 heterocycles.